The van der Waals surface area contributed by atoms with E-state index < -0.39 is 16.9 Å². The van der Waals surface area contributed by atoms with Crippen LogP contribution in [0.3, 0.4) is 0 Å². The predicted molar refractivity (Wildman–Crippen MR) is 58.1 cm³/mol. The van der Waals surface area contributed by atoms with Crippen molar-refractivity contribution < 1.29 is 8.54 Å². The van der Waals surface area contributed by atoms with Gasteiger partial charge in [-0.25, -0.2) is 0 Å². The summed E-state index contributed by atoms with van der Waals surface area (Å²) in [7, 11) is -1.65. The van der Waals surface area contributed by atoms with Crippen LogP contribution in [-0.2, 0) is 8.54 Å². The van der Waals surface area contributed by atoms with Crippen LogP contribution < -0.4 is 0 Å². The van der Waals surface area contributed by atoms with E-state index in [1.54, 1.807) is 7.11 Å². The van der Waals surface area contributed by atoms with Gasteiger partial charge in [-0.05, 0) is 32.2 Å². The summed E-state index contributed by atoms with van der Waals surface area (Å²) in [5, 5.41) is 0. The van der Waals surface area contributed by atoms with Crippen LogP contribution in [0.25, 0.3) is 0 Å². The minimum absolute atomic E-state index is 0.993. The van der Waals surface area contributed by atoms with Crippen LogP contribution in [-0.4, -0.2) is 24.0 Å². The first-order valence-electron chi connectivity index (χ1n) is 4.19. The first kappa shape index (κ1) is 12.1. The highest BCUT2D eigenvalue weighted by Gasteiger charge is 2.32. The lowest BCUT2D eigenvalue weighted by Gasteiger charge is -2.31. The first-order valence-corrected chi connectivity index (χ1v) is 10.1. The molecule has 0 atom stereocenters. The molecule has 72 valence electrons. The van der Waals surface area contributed by atoms with E-state index in [0.717, 1.165) is 6.04 Å². The van der Waals surface area contributed by atoms with Crippen molar-refractivity contribution in [1.29, 1.82) is 0 Å². The Hall–Kier alpha value is 0.0938. The van der Waals surface area contributed by atoms with Gasteiger partial charge in [0.15, 0.2) is 8.32 Å². The molecular weight excluding hydrogens is 184 g/mol. The molecule has 0 N–H and O–H groups in total. The molecule has 0 amide bonds. The van der Waals surface area contributed by atoms with Gasteiger partial charge < -0.3 is 8.54 Å². The molecular formula is C8H20O2Si2. The predicted octanol–water partition coefficient (Wildman–Crippen LogP) is 2.74. The van der Waals surface area contributed by atoms with Crippen molar-refractivity contribution >= 4 is 16.9 Å². The second kappa shape index (κ2) is 4.36. The fourth-order valence-corrected chi connectivity index (χ4v) is 7.78. The van der Waals surface area contributed by atoms with Gasteiger partial charge in [-0.3, -0.25) is 0 Å². The topological polar surface area (TPSA) is 18.5 Å². The molecule has 0 spiro atoms. The van der Waals surface area contributed by atoms with Crippen molar-refractivity contribution in [3.05, 3.63) is 12.7 Å². The van der Waals surface area contributed by atoms with Crippen LogP contribution in [0.1, 0.15) is 0 Å². The Balaban J connectivity index is 4.12. The average Bonchev–Trinajstić information content (AvgIpc) is 1.85. The van der Waals surface area contributed by atoms with E-state index in [1.807, 2.05) is 6.08 Å². The molecule has 0 unspecified atom stereocenters. The molecule has 0 aliphatic rings. The largest absolute Gasteiger partial charge is 0.436 e. The van der Waals surface area contributed by atoms with Crippen molar-refractivity contribution in [3.63, 3.8) is 0 Å². The molecule has 4 heteroatoms. The van der Waals surface area contributed by atoms with Gasteiger partial charge in [0.25, 0.3) is 0 Å². The van der Waals surface area contributed by atoms with Crippen LogP contribution in [0.5, 0.6) is 0 Å². The monoisotopic (exact) mass is 204 g/mol. The third-order valence-electron chi connectivity index (χ3n) is 1.65. The molecule has 0 aliphatic heterocycles. The molecule has 0 fully saturated rings. The van der Waals surface area contributed by atoms with Crippen molar-refractivity contribution in [2.75, 3.05) is 7.11 Å². The third-order valence-corrected chi connectivity index (χ3v) is 8.08. The Morgan fingerprint density at radius 3 is 2.08 bits per heavy atom. The highest BCUT2D eigenvalue weighted by molar-refractivity contribution is 6.82. The summed E-state index contributed by atoms with van der Waals surface area (Å²) in [6.07, 6.45) is 1.94. The van der Waals surface area contributed by atoms with Crippen LogP contribution in [0.4, 0.5) is 0 Å². The lowest BCUT2D eigenvalue weighted by atomic mass is 10.8. The molecule has 0 heterocycles. The highest BCUT2D eigenvalue weighted by Crippen LogP contribution is 2.18. The summed E-state index contributed by atoms with van der Waals surface area (Å²) >= 11 is 0. The molecule has 0 saturated carbocycles. The summed E-state index contributed by atoms with van der Waals surface area (Å²) in [6, 6.07) is 0.993. The van der Waals surface area contributed by atoms with Crippen molar-refractivity contribution in [1.82, 2.24) is 0 Å². The van der Waals surface area contributed by atoms with Crippen LogP contribution in [0.2, 0.25) is 32.2 Å². The minimum atomic E-state index is -1.84. The van der Waals surface area contributed by atoms with E-state index in [1.165, 1.54) is 0 Å². The summed E-state index contributed by atoms with van der Waals surface area (Å²) < 4.78 is 11.3. The fourth-order valence-electron chi connectivity index (χ4n) is 1.10. The minimum Gasteiger partial charge on any atom is -0.436 e. The molecule has 0 bridgehead atoms. The first-order chi connectivity index (χ1) is 5.33. The lowest BCUT2D eigenvalue weighted by Crippen LogP contribution is -2.45. The zero-order chi connectivity index (χ0) is 9.83. The van der Waals surface area contributed by atoms with Crippen molar-refractivity contribution in [2.24, 2.45) is 0 Å². The smallest absolute Gasteiger partial charge is 0.321 e. The van der Waals surface area contributed by atoms with E-state index in [4.69, 9.17) is 8.54 Å². The van der Waals surface area contributed by atoms with E-state index in [9.17, 15) is 0 Å². The van der Waals surface area contributed by atoms with E-state index in [0.29, 0.717) is 0 Å². The van der Waals surface area contributed by atoms with Crippen LogP contribution in [0.15, 0.2) is 12.7 Å². The van der Waals surface area contributed by atoms with E-state index >= 15 is 0 Å². The maximum Gasteiger partial charge on any atom is 0.321 e. The maximum atomic E-state index is 6.00. The average molecular weight is 204 g/mol. The van der Waals surface area contributed by atoms with Crippen molar-refractivity contribution in [3.8, 4) is 0 Å². The zero-order valence-corrected chi connectivity index (χ0v) is 10.8. The molecule has 0 aromatic carbocycles. The molecule has 0 aromatic heterocycles. The maximum absolute atomic E-state index is 6.00. The number of allylic oxidation sites excluding steroid dienone is 1. The highest BCUT2D eigenvalue weighted by atomic mass is 28.4. The normalized spacial score (nSPS) is 13.1. The van der Waals surface area contributed by atoms with Crippen LogP contribution in [0, 0.1) is 0 Å². The quantitative estimate of drug-likeness (QED) is 0.506. The Labute approximate surface area is 78.0 Å². The van der Waals surface area contributed by atoms with Gasteiger partial charge >= 0.3 is 8.56 Å². The Morgan fingerprint density at radius 1 is 1.25 bits per heavy atom. The Bertz CT molecular complexity index is 155. The van der Waals surface area contributed by atoms with Gasteiger partial charge in [-0.1, -0.05) is 6.08 Å². The summed E-state index contributed by atoms with van der Waals surface area (Å²) in [6.45, 7) is 12.3. The molecule has 0 rings (SSSR count). The fraction of sp³-hybridized carbons (Fsp3) is 0.750. The standard InChI is InChI=1S/C8H20O2Si2/c1-7-8-11(3,4)10-12(5,6)9-2/h7H,1,8H2,2-6H3. The summed E-state index contributed by atoms with van der Waals surface area (Å²) in [4.78, 5) is 0. The molecule has 0 radical (unpaired) electrons. The van der Waals surface area contributed by atoms with Gasteiger partial charge in [-0.2, -0.15) is 0 Å². The molecule has 12 heavy (non-hydrogen) atoms. The number of hydrogen-bond donors (Lipinski definition) is 0. The van der Waals surface area contributed by atoms with Gasteiger partial charge in [0, 0.05) is 7.11 Å². The van der Waals surface area contributed by atoms with Gasteiger partial charge in [0.2, 0.25) is 0 Å². The Kier molecular flexibility index (Phi) is 4.40. The SMILES string of the molecule is C=CC[Si](C)(C)O[Si](C)(C)OC. The second-order valence-corrected chi connectivity index (χ2v) is 11.9. The summed E-state index contributed by atoms with van der Waals surface area (Å²) in [5.74, 6) is 0. The molecule has 2 nitrogen and oxygen atoms in total. The second-order valence-electron chi connectivity index (χ2n) is 3.96. The van der Waals surface area contributed by atoms with Crippen LogP contribution >= 0.6 is 0 Å². The van der Waals surface area contributed by atoms with Gasteiger partial charge in [0.1, 0.15) is 0 Å². The van der Waals surface area contributed by atoms with Gasteiger partial charge in [0.05, 0.1) is 0 Å². The zero-order valence-electron chi connectivity index (χ0n) is 8.81. The van der Waals surface area contributed by atoms with Gasteiger partial charge in [-0.15, -0.1) is 6.58 Å². The third kappa shape index (κ3) is 4.87. The van der Waals surface area contributed by atoms with E-state index in [2.05, 4.69) is 32.8 Å². The molecule has 0 aliphatic carbocycles. The Morgan fingerprint density at radius 2 is 1.75 bits per heavy atom. The number of hydrogen-bond acceptors (Lipinski definition) is 2. The molecule has 0 aromatic rings. The lowest BCUT2D eigenvalue weighted by molar-refractivity contribution is 0.311. The van der Waals surface area contributed by atoms with E-state index in [-0.39, 0.29) is 0 Å². The summed E-state index contributed by atoms with van der Waals surface area (Å²) in [5.41, 5.74) is 0. The van der Waals surface area contributed by atoms with Crippen molar-refractivity contribution in [2.45, 2.75) is 32.2 Å². The molecule has 0 saturated heterocycles. The number of rotatable bonds is 5.